The van der Waals surface area contributed by atoms with Gasteiger partial charge in [0.2, 0.25) is 0 Å². The number of rotatable bonds is 3. The fourth-order valence-corrected chi connectivity index (χ4v) is 3.14. The van der Waals surface area contributed by atoms with Crippen LogP contribution in [0.4, 0.5) is 9.57 Å². The Morgan fingerprint density at radius 3 is 2.48 bits per heavy atom. The summed E-state index contributed by atoms with van der Waals surface area (Å²) < 4.78 is 35.8. The van der Waals surface area contributed by atoms with Crippen molar-refractivity contribution < 1.29 is 17.1 Å². The number of nitrogens with one attached hydrogen (secondary N) is 1. The van der Waals surface area contributed by atoms with Crippen molar-refractivity contribution in [2.24, 2.45) is 0 Å². The van der Waals surface area contributed by atoms with Crippen molar-refractivity contribution in [2.75, 3.05) is 5.32 Å². The van der Waals surface area contributed by atoms with Crippen LogP contribution in [-0.4, -0.2) is 14.3 Å². The van der Waals surface area contributed by atoms with Crippen molar-refractivity contribution in [1.82, 2.24) is 0 Å². The molecule has 0 spiro atoms. The monoisotopic (exact) mass is 391 g/mol. The van der Waals surface area contributed by atoms with E-state index in [2.05, 4.69) is 21.2 Å². The summed E-state index contributed by atoms with van der Waals surface area (Å²) >= 11 is 9.03. The van der Waals surface area contributed by atoms with Crippen LogP contribution in [0.5, 0.6) is 0 Å². The standard InChI is InChI=1S/C13H8BrClFNO3S/c14-9-5-8(6-10(15)7-9)13(18)17-11-3-1-2-4-12(11)21(16,19)20/h1-7H,(H,17,18). The highest BCUT2D eigenvalue weighted by atomic mass is 79.9. The third-order valence-electron chi connectivity index (χ3n) is 2.52. The van der Waals surface area contributed by atoms with E-state index in [0.29, 0.717) is 9.50 Å². The van der Waals surface area contributed by atoms with E-state index in [-0.39, 0.29) is 11.3 Å². The maximum absolute atomic E-state index is 13.2. The van der Waals surface area contributed by atoms with Gasteiger partial charge in [-0.25, -0.2) is 0 Å². The van der Waals surface area contributed by atoms with Crippen molar-refractivity contribution in [3.05, 3.63) is 57.5 Å². The van der Waals surface area contributed by atoms with Crippen LogP contribution in [-0.2, 0) is 10.2 Å². The molecular weight excluding hydrogens is 385 g/mol. The van der Waals surface area contributed by atoms with Gasteiger partial charge in [-0.05, 0) is 30.3 Å². The van der Waals surface area contributed by atoms with Gasteiger partial charge in [-0.2, -0.15) is 8.42 Å². The molecule has 1 amide bonds. The van der Waals surface area contributed by atoms with Gasteiger partial charge in [-0.1, -0.05) is 39.7 Å². The molecule has 0 atom stereocenters. The molecule has 8 heteroatoms. The van der Waals surface area contributed by atoms with Crippen molar-refractivity contribution >= 4 is 49.3 Å². The summed E-state index contributed by atoms with van der Waals surface area (Å²) in [6.45, 7) is 0. The molecule has 0 heterocycles. The summed E-state index contributed by atoms with van der Waals surface area (Å²) in [6, 6.07) is 9.72. The van der Waals surface area contributed by atoms with Crippen molar-refractivity contribution in [3.8, 4) is 0 Å². The Hall–Kier alpha value is -1.44. The first-order valence-corrected chi connectivity index (χ1v) is 8.14. The zero-order valence-electron chi connectivity index (χ0n) is 10.3. The Morgan fingerprint density at radius 1 is 1.19 bits per heavy atom. The second kappa shape index (κ2) is 6.13. The molecule has 21 heavy (non-hydrogen) atoms. The first-order valence-electron chi connectivity index (χ1n) is 5.58. The highest BCUT2D eigenvalue weighted by Gasteiger charge is 2.18. The number of carbonyl (C=O) groups is 1. The minimum Gasteiger partial charge on any atom is -0.321 e. The normalized spacial score (nSPS) is 11.2. The Bertz CT molecular complexity index is 791. The lowest BCUT2D eigenvalue weighted by Gasteiger charge is -2.09. The van der Waals surface area contributed by atoms with Gasteiger partial charge in [0, 0.05) is 15.1 Å². The number of para-hydroxylation sites is 1. The second-order valence-corrected chi connectivity index (χ2v) is 6.71. The molecule has 2 aromatic carbocycles. The average Bonchev–Trinajstić information content (AvgIpc) is 2.37. The van der Waals surface area contributed by atoms with E-state index in [9.17, 15) is 17.1 Å². The maximum Gasteiger partial charge on any atom is 0.334 e. The van der Waals surface area contributed by atoms with Gasteiger partial charge in [0.25, 0.3) is 5.91 Å². The third-order valence-corrected chi connectivity index (χ3v) is 4.08. The number of hydrogen-bond donors (Lipinski definition) is 1. The molecule has 0 aliphatic rings. The van der Waals surface area contributed by atoms with Crippen LogP contribution < -0.4 is 5.32 Å². The zero-order chi connectivity index (χ0) is 15.6. The Labute approximate surface area is 134 Å². The van der Waals surface area contributed by atoms with E-state index in [1.54, 1.807) is 6.07 Å². The highest BCUT2D eigenvalue weighted by molar-refractivity contribution is 9.10. The summed E-state index contributed by atoms with van der Waals surface area (Å²) in [6.07, 6.45) is 0. The number of halogens is 3. The quantitative estimate of drug-likeness (QED) is 0.803. The average molecular weight is 393 g/mol. The summed E-state index contributed by atoms with van der Waals surface area (Å²) in [5.41, 5.74) is 0.0709. The van der Waals surface area contributed by atoms with Crippen molar-refractivity contribution in [2.45, 2.75) is 4.90 Å². The number of carbonyl (C=O) groups excluding carboxylic acids is 1. The molecule has 0 saturated carbocycles. The molecular formula is C13H8BrClFNO3S. The Morgan fingerprint density at radius 2 is 1.86 bits per heavy atom. The third kappa shape index (κ3) is 4.03. The van der Waals surface area contributed by atoms with Gasteiger partial charge in [-0.3, -0.25) is 4.79 Å². The lowest BCUT2D eigenvalue weighted by molar-refractivity contribution is 0.102. The van der Waals surface area contributed by atoms with Crippen LogP contribution in [0.2, 0.25) is 5.02 Å². The lowest BCUT2D eigenvalue weighted by atomic mass is 10.2. The summed E-state index contributed by atoms with van der Waals surface area (Å²) in [7, 11) is -4.93. The maximum atomic E-state index is 13.2. The minimum atomic E-state index is -4.93. The van der Waals surface area contributed by atoms with Crippen LogP contribution in [0.25, 0.3) is 0 Å². The van der Waals surface area contributed by atoms with Gasteiger partial charge in [0.1, 0.15) is 4.90 Å². The Kier molecular flexibility index (Phi) is 4.65. The molecule has 0 aliphatic carbocycles. The van der Waals surface area contributed by atoms with Gasteiger partial charge in [-0.15, -0.1) is 3.89 Å². The van der Waals surface area contributed by atoms with Crippen LogP contribution in [0, 0.1) is 0 Å². The molecule has 0 unspecified atom stereocenters. The van der Waals surface area contributed by atoms with Crippen LogP contribution in [0.1, 0.15) is 10.4 Å². The molecule has 2 rings (SSSR count). The predicted molar refractivity (Wildman–Crippen MR) is 81.8 cm³/mol. The minimum absolute atomic E-state index is 0.138. The molecule has 0 aromatic heterocycles. The van der Waals surface area contributed by atoms with Gasteiger partial charge < -0.3 is 5.32 Å². The van der Waals surface area contributed by atoms with Crippen LogP contribution >= 0.6 is 27.5 Å². The molecule has 0 bridgehead atoms. The smallest absolute Gasteiger partial charge is 0.321 e. The number of benzene rings is 2. The van der Waals surface area contributed by atoms with Gasteiger partial charge in [0.15, 0.2) is 0 Å². The first-order chi connectivity index (χ1) is 9.77. The van der Waals surface area contributed by atoms with Crippen LogP contribution in [0.15, 0.2) is 51.8 Å². The van der Waals surface area contributed by atoms with E-state index < -0.39 is 21.0 Å². The highest BCUT2D eigenvalue weighted by Crippen LogP contribution is 2.24. The largest absolute Gasteiger partial charge is 0.334 e. The SMILES string of the molecule is O=C(Nc1ccccc1S(=O)(=O)F)c1cc(Cl)cc(Br)c1. The van der Waals surface area contributed by atoms with E-state index in [0.717, 1.165) is 6.07 Å². The lowest BCUT2D eigenvalue weighted by Crippen LogP contribution is -2.14. The topological polar surface area (TPSA) is 63.2 Å². The van der Waals surface area contributed by atoms with Crippen LogP contribution in [0.3, 0.4) is 0 Å². The van der Waals surface area contributed by atoms with Crippen molar-refractivity contribution in [3.63, 3.8) is 0 Å². The summed E-state index contributed by atoms with van der Waals surface area (Å²) in [5.74, 6) is -0.603. The molecule has 4 nitrogen and oxygen atoms in total. The fourth-order valence-electron chi connectivity index (χ4n) is 1.66. The number of amides is 1. The summed E-state index contributed by atoms with van der Waals surface area (Å²) in [4.78, 5) is 11.5. The zero-order valence-corrected chi connectivity index (χ0v) is 13.5. The molecule has 0 aliphatic heterocycles. The number of hydrogen-bond acceptors (Lipinski definition) is 3. The molecule has 0 radical (unpaired) electrons. The van der Waals surface area contributed by atoms with Gasteiger partial charge in [0.05, 0.1) is 5.69 Å². The summed E-state index contributed by atoms with van der Waals surface area (Å²) in [5, 5.41) is 2.68. The molecule has 2 aromatic rings. The van der Waals surface area contributed by atoms with E-state index in [1.807, 2.05) is 0 Å². The molecule has 1 N–H and O–H groups in total. The Balaban J connectivity index is 2.37. The first kappa shape index (κ1) is 15.9. The second-order valence-electron chi connectivity index (χ2n) is 4.05. The van der Waals surface area contributed by atoms with Gasteiger partial charge >= 0.3 is 10.2 Å². The predicted octanol–water partition coefficient (Wildman–Crippen LogP) is 4.01. The van der Waals surface area contributed by atoms with Crippen molar-refractivity contribution in [1.29, 1.82) is 0 Å². The molecule has 0 saturated heterocycles. The van der Waals surface area contributed by atoms with E-state index in [4.69, 9.17) is 11.6 Å². The fraction of sp³-hybridized carbons (Fsp3) is 0. The molecule has 110 valence electrons. The number of anilines is 1. The van der Waals surface area contributed by atoms with E-state index in [1.165, 1.54) is 30.3 Å². The molecule has 0 fully saturated rings. The van der Waals surface area contributed by atoms with E-state index >= 15 is 0 Å².